The molecule has 0 bridgehead atoms. The largest absolute Gasteiger partial charge is 0.508 e. The van der Waals surface area contributed by atoms with E-state index >= 15 is 0 Å². The predicted octanol–water partition coefficient (Wildman–Crippen LogP) is 1.99. The summed E-state index contributed by atoms with van der Waals surface area (Å²) >= 11 is 0. The number of aromatic hydroxyl groups is 1. The molecule has 0 aliphatic rings. The molecule has 0 spiro atoms. The fourth-order valence-electron chi connectivity index (χ4n) is 1.43. The molecule has 3 nitrogen and oxygen atoms in total. The summed E-state index contributed by atoms with van der Waals surface area (Å²) in [4.78, 5) is 0. The number of rotatable bonds is 4. The second-order valence-electron chi connectivity index (χ2n) is 3.26. The van der Waals surface area contributed by atoms with E-state index in [-0.39, 0.29) is 5.75 Å². The van der Waals surface area contributed by atoms with Gasteiger partial charge in [0.15, 0.2) is 0 Å². The molecule has 0 radical (unpaired) electrons. The lowest BCUT2D eigenvalue weighted by Crippen LogP contribution is -1.98. The first-order valence-electron chi connectivity index (χ1n) is 4.48. The molecule has 0 aromatic heterocycles. The second-order valence-corrected chi connectivity index (χ2v) is 3.26. The predicted molar refractivity (Wildman–Crippen MR) is 54.3 cm³/mol. The number of ether oxygens (including phenoxy) is 2. The molecule has 0 fully saturated rings. The van der Waals surface area contributed by atoms with Crippen LogP contribution in [0.25, 0.3) is 0 Å². The van der Waals surface area contributed by atoms with Crippen LogP contribution in [0.1, 0.15) is 16.7 Å². The monoisotopic (exact) mass is 196 g/mol. The molecule has 14 heavy (non-hydrogen) atoms. The van der Waals surface area contributed by atoms with E-state index in [0.717, 1.165) is 16.7 Å². The van der Waals surface area contributed by atoms with Gasteiger partial charge in [0.25, 0.3) is 0 Å². The van der Waals surface area contributed by atoms with Crippen LogP contribution in [-0.4, -0.2) is 19.3 Å². The first kappa shape index (κ1) is 11.0. The van der Waals surface area contributed by atoms with Crippen molar-refractivity contribution in [3.8, 4) is 5.75 Å². The number of hydrogen-bond donors (Lipinski definition) is 1. The first-order valence-corrected chi connectivity index (χ1v) is 4.48. The Bertz CT molecular complexity index is 280. The van der Waals surface area contributed by atoms with Crippen molar-refractivity contribution in [1.82, 2.24) is 0 Å². The fourth-order valence-corrected chi connectivity index (χ4v) is 1.43. The van der Waals surface area contributed by atoms with Gasteiger partial charge in [-0.05, 0) is 35.7 Å². The Hall–Kier alpha value is -1.06. The summed E-state index contributed by atoms with van der Waals surface area (Å²) in [7, 11) is 3.28. The van der Waals surface area contributed by atoms with Crippen molar-refractivity contribution in [2.75, 3.05) is 14.2 Å². The minimum Gasteiger partial charge on any atom is -0.508 e. The molecule has 0 atom stereocenters. The summed E-state index contributed by atoms with van der Waals surface area (Å²) in [5.41, 5.74) is 3.12. The molecule has 3 heteroatoms. The van der Waals surface area contributed by atoms with E-state index in [4.69, 9.17) is 9.47 Å². The quantitative estimate of drug-likeness (QED) is 0.800. The van der Waals surface area contributed by atoms with Crippen LogP contribution >= 0.6 is 0 Å². The fraction of sp³-hybridized carbons (Fsp3) is 0.455. The van der Waals surface area contributed by atoms with Gasteiger partial charge in [0.2, 0.25) is 0 Å². The van der Waals surface area contributed by atoms with Gasteiger partial charge < -0.3 is 14.6 Å². The zero-order valence-electron chi connectivity index (χ0n) is 8.83. The van der Waals surface area contributed by atoms with Gasteiger partial charge in [-0.15, -0.1) is 0 Å². The van der Waals surface area contributed by atoms with Gasteiger partial charge in [0.05, 0.1) is 13.2 Å². The van der Waals surface area contributed by atoms with Crippen LogP contribution in [0, 0.1) is 6.92 Å². The summed E-state index contributed by atoms with van der Waals surface area (Å²) < 4.78 is 10.1. The van der Waals surface area contributed by atoms with Crippen molar-refractivity contribution in [2.24, 2.45) is 0 Å². The summed E-state index contributed by atoms with van der Waals surface area (Å²) in [6, 6.07) is 3.44. The number of benzene rings is 1. The Kier molecular flexibility index (Phi) is 3.92. The lowest BCUT2D eigenvalue weighted by molar-refractivity contribution is 0.178. The molecule has 0 saturated carbocycles. The molecule has 78 valence electrons. The van der Waals surface area contributed by atoms with Gasteiger partial charge >= 0.3 is 0 Å². The third-order valence-electron chi connectivity index (χ3n) is 2.21. The smallest absolute Gasteiger partial charge is 0.116 e. The molecule has 1 rings (SSSR count). The van der Waals surface area contributed by atoms with E-state index in [0.29, 0.717) is 13.2 Å². The molecular weight excluding hydrogens is 180 g/mol. The van der Waals surface area contributed by atoms with Gasteiger partial charge in [0, 0.05) is 14.2 Å². The van der Waals surface area contributed by atoms with E-state index < -0.39 is 0 Å². The van der Waals surface area contributed by atoms with Crippen LogP contribution in [0.4, 0.5) is 0 Å². The maximum atomic E-state index is 9.46. The SMILES string of the molecule is COCc1cc(O)cc(COC)c1C. The summed E-state index contributed by atoms with van der Waals surface area (Å²) in [6.45, 7) is 3.02. The molecule has 0 aliphatic carbocycles. The van der Waals surface area contributed by atoms with Crippen LogP contribution in [-0.2, 0) is 22.7 Å². The lowest BCUT2D eigenvalue weighted by Gasteiger charge is -2.11. The average molecular weight is 196 g/mol. The van der Waals surface area contributed by atoms with E-state index in [1.807, 2.05) is 6.92 Å². The van der Waals surface area contributed by atoms with Crippen LogP contribution in [0.3, 0.4) is 0 Å². The van der Waals surface area contributed by atoms with Gasteiger partial charge in [-0.3, -0.25) is 0 Å². The Labute approximate surface area is 84.3 Å². The highest BCUT2D eigenvalue weighted by Crippen LogP contribution is 2.22. The van der Waals surface area contributed by atoms with Gasteiger partial charge in [-0.2, -0.15) is 0 Å². The van der Waals surface area contributed by atoms with E-state index in [2.05, 4.69) is 0 Å². The van der Waals surface area contributed by atoms with Crippen LogP contribution in [0.5, 0.6) is 5.75 Å². The van der Waals surface area contributed by atoms with E-state index in [1.165, 1.54) is 0 Å². The minimum atomic E-state index is 0.259. The zero-order valence-corrected chi connectivity index (χ0v) is 8.83. The van der Waals surface area contributed by atoms with Gasteiger partial charge in [-0.1, -0.05) is 0 Å². The van der Waals surface area contributed by atoms with E-state index in [9.17, 15) is 5.11 Å². The first-order chi connectivity index (χ1) is 6.69. The second kappa shape index (κ2) is 4.98. The molecule has 0 unspecified atom stereocenters. The molecule has 1 N–H and O–H groups in total. The average Bonchev–Trinajstić information content (AvgIpc) is 2.14. The number of hydrogen-bond acceptors (Lipinski definition) is 3. The Balaban J connectivity index is 3.04. The Morgan fingerprint density at radius 3 is 1.86 bits per heavy atom. The van der Waals surface area contributed by atoms with Gasteiger partial charge in [-0.25, -0.2) is 0 Å². The van der Waals surface area contributed by atoms with Crippen molar-refractivity contribution in [3.05, 3.63) is 28.8 Å². The highest BCUT2D eigenvalue weighted by Gasteiger charge is 2.06. The molecule has 1 aromatic carbocycles. The van der Waals surface area contributed by atoms with Gasteiger partial charge in [0.1, 0.15) is 5.75 Å². The van der Waals surface area contributed by atoms with Crippen LogP contribution in [0.2, 0.25) is 0 Å². The maximum absolute atomic E-state index is 9.46. The number of phenols is 1. The Morgan fingerprint density at radius 1 is 1.07 bits per heavy atom. The highest BCUT2D eigenvalue weighted by atomic mass is 16.5. The summed E-state index contributed by atoms with van der Waals surface area (Å²) in [5.74, 6) is 0.259. The third kappa shape index (κ3) is 2.47. The van der Waals surface area contributed by atoms with Crippen molar-refractivity contribution in [2.45, 2.75) is 20.1 Å². The number of phenolic OH excluding ortho intramolecular Hbond substituents is 1. The molecule has 0 amide bonds. The molecular formula is C11H16O3. The van der Waals surface area contributed by atoms with Crippen molar-refractivity contribution in [1.29, 1.82) is 0 Å². The van der Waals surface area contributed by atoms with E-state index in [1.54, 1.807) is 26.4 Å². The van der Waals surface area contributed by atoms with Crippen molar-refractivity contribution >= 4 is 0 Å². The summed E-state index contributed by atoms with van der Waals surface area (Å²) in [6.07, 6.45) is 0. The standard InChI is InChI=1S/C11H16O3/c1-8-9(6-13-2)4-11(12)5-10(8)7-14-3/h4-5,12H,6-7H2,1-3H3. The normalized spacial score (nSPS) is 10.5. The summed E-state index contributed by atoms with van der Waals surface area (Å²) in [5, 5.41) is 9.46. The molecule has 0 saturated heterocycles. The highest BCUT2D eigenvalue weighted by molar-refractivity contribution is 5.40. The molecule has 0 heterocycles. The Morgan fingerprint density at radius 2 is 1.50 bits per heavy atom. The maximum Gasteiger partial charge on any atom is 0.116 e. The number of methoxy groups -OCH3 is 2. The minimum absolute atomic E-state index is 0.259. The van der Waals surface area contributed by atoms with Crippen LogP contribution < -0.4 is 0 Å². The third-order valence-corrected chi connectivity index (χ3v) is 2.21. The van der Waals surface area contributed by atoms with Crippen LogP contribution in [0.15, 0.2) is 12.1 Å². The lowest BCUT2D eigenvalue weighted by atomic mass is 10.0. The molecule has 1 aromatic rings. The topological polar surface area (TPSA) is 38.7 Å². The van der Waals surface area contributed by atoms with Crippen molar-refractivity contribution < 1.29 is 14.6 Å². The van der Waals surface area contributed by atoms with Crippen molar-refractivity contribution in [3.63, 3.8) is 0 Å². The molecule has 0 aliphatic heterocycles. The zero-order chi connectivity index (χ0) is 10.6.